The van der Waals surface area contributed by atoms with Crippen molar-refractivity contribution in [2.45, 2.75) is 51.5 Å². The Bertz CT molecular complexity index is 825. The molecule has 0 spiro atoms. The molecule has 0 amide bonds. The number of rotatable bonds is 4. The number of aromatic nitrogens is 6. The van der Waals surface area contributed by atoms with Crippen molar-refractivity contribution in [1.29, 1.82) is 0 Å². The lowest BCUT2D eigenvalue weighted by atomic mass is 10.1. The maximum absolute atomic E-state index is 12.5. The smallest absolute Gasteiger partial charge is 0.284 e. The fourth-order valence-electron chi connectivity index (χ4n) is 3.48. The maximum atomic E-state index is 12.5. The highest BCUT2D eigenvalue weighted by atomic mass is 16.1. The Hall–Kier alpha value is -2.44. The lowest BCUT2D eigenvalue weighted by Gasteiger charge is -2.13. The van der Waals surface area contributed by atoms with Gasteiger partial charge in [-0.3, -0.25) is 19.7 Å². The first-order valence-corrected chi connectivity index (χ1v) is 8.25. The minimum absolute atomic E-state index is 0.189. The molecule has 0 bridgehead atoms. The van der Waals surface area contributed by atoms with Gasteiger partial charge in [-0.1, -0.05) is 19.8 Å². The summed E-state index contributed by atoms with van der Waals surface area (Å²) in [5, 5.41) is 10.3. The highest BCUT2D eigenvalue weighted by Crippen LogP contribution is 2.33. The van der Waals surface area contributed by atoms with Crippen LogP contribution in [-0.2, 0) is 12.8 Å². The van der Waals surface area contributed by atoms with Gasteiger partial charge in [0.15, 0.2) is 5.82 Å². The predicted molar refractivity (Wildman–Crippen MR) is 85.5 cm³/mol. The van der Waals surface area contributed by atoms with Crippen LogP contribution in [0.1, 0.15) is 55.9 Å². The van der Waals surface area contributed by atoms with Crippen LogP contribution in [-0.4, -0.2) is 29.9 Å². The summed E-state index contributed by atoms with van der Waals surface area (Å²) in [6.07, 6.45) is 7.73. The molecule has 2 aliphatic heterocycles. The zero-order valence-electron chi connectivity index (χ0n) is 13.2. The molecule has 1 aromatic heterocycles. The summed E-state index contributed by atoms with van der Waals surface area (Å²) in [6.45, 7) is 2.04. The SMILES string of the molecule is CCc1[nH]n(C2CCCC2)c2nc(Cc3cc[nH]n3)nc(=O)c1-2. The molecule has 0 unspecified atom stereocenters. The summed E-state index contributed by atoms with van der Waals surface area (Å²) in [6, 6.07) is 2.28. The minimum Gasteiger partial charge on any atom is -0.300 e. The Labute approximate surface area is 133 Å². The highest BCUT2D eigenvalue weighted by Gasteiger charge is 2.27. The molecule has 1 saturated carbocycles. The topological polar surface area (TPSA) is 92.2 Å². The summed E-state index contributed by atoms with van der Waals surface area (Å²) in [5.41, 5.74) is 2.22. The summed E-state index contributed by atoms with van der Waals surface area (Å²) < 4.78 is 2.10. The highest BCUT2D eigenvalue weighted by molar-refractivity contribution is 5.59. The Morgan fingerprint density at radius 2 is 2.13 bits per heavy atom. The molecule has 0 radical (unpaired) electrons. The average molecular weight is 312 g/mol. The first-order valence-electron chi connectivity index (χ1n) is 8.25. The largest absolute Gasteiger partial charge is 0.300 e. The van der Waals surface area contributed by atoms with Crippen molar-refractivity contribution in [2.24, 2.45) is 0 Å². The van der Waals surface area contributed by atoms with Gasteiger partial charge in [0.25, 0.3) is 5.56 Å². The molecule has 23 heavy (non-hydrogen) atoms. The molecule has 3 heterocycles. The summed E-state index contributed by atoms with van der Waals surface area (Å²) in [5.74, 6) is 1.28. The van der Waals surface area contributed by atoms with Crippen molar-refractivity contribution < 1.29 is 0 Å². The van der Waals surface area contributed by atoms with Crippen LogP contribution >= 0.6 is 0 Å². The zero-order valence-corrected chi connectivity index (χ0v) is 13.2. The normalized spacial score (nSPS) is 15.7. The number of hydrogen-bond donors (Lipinski definition) is 2. The van der Waals surface area contributed by atoms with Gasteiger partial charge in [-0.05, 0) is 25.3 Å². The fourth-order valence-corrected chi connectivity index (χ4v) is 3.48. The maximum Gasteiger partial charge on any atom is 0.284 e. The molecule has 3 aliphatic rings. The van der Waals surface area contributed by atoms with E-state index in [4.69, 9.17) is 4.98 Å². The van der Waals surface area contributed by atoms with E-state index < -0.39 is 0 Å². The molecule has 1 aliphatic carbocycles. The van der Waals surface area contributed by atoms with Crippen molar-refractivity contribution >= 4 is 0 Å². The molecule has 120 valence electrons. The van der Waals surface area contributed by atoms with E-state index in [1.54, 1.807) is 6.20 Å². The molecule has 1 fully saturated rings. The number of hydrogen-bond acceptors (Lipinski definition) is 4. The van der Waals surface area contributed by atoms with Gasteiger partial charge in [-0.25, -0.2) is 4.98 Å². The number of nitrogens with one attached hydrogen (secondary N) is 2. The predicted octanol–water partition coefficient (Wildman–Crippen LogP) is 2.06. The van der Waals surface area contributed by atoms with Crippen molar-refractivity contribution in [2.75, 3.05) is 0 Å². The third-order valence-corrected chi connectivity index (χ3v) is 4.63. The second kappa shape index (κ2) is 5.64. The number of H-pyrrole nitrogens is 2. The molecule has 0 saturated heterocycles. The molecular formula is C16H20N6O. The fraction of sp³-hybridized carbons (Fsp3) is 0.500. The van der Waals surface area contributed by atoms with Crippen LogP contribution < -0.4 is 5.56 Å². The van der Waals surface area contributed by atoms with E-state index in [1.807, 2.05) is 13.0 Å². The van der Waals surface area contributed by atoms with Crippen LogP contribution in [0.4, 0.5) is 0 Å². The summed E-state index contributed by atoms with van der Waals surface area (Å²) >= 11 is 0. The van der Waals surface area contributed by atoms with Crippen LogP contribution in [0.25, 0.3) is 11.4 Å². The van der Waals surface area contributed by atoms with Gasteiger partial charge < -0.3 is 0 Å². The third kappa shape index (κ3) is 2.46. The van der Waals surface area contributed by atoms with Gasteiger partial charge in [0, 0.05) is 11.9 Å². The Kier molecular flexibility index (Phi) is 3.48. The Morgan fingerprint density at radius 3 is 2.83 bits per heavy atom. The second-order valence-electron chi connectivity index (χ2n) is 6.14. The van der Waals surface area contributed by atoms with Crippen LogP contribution in [0.15, 0.2) is 17.1 Å². The first kappa shape index (κ1) is 14.2. The van der Waals surface area contributed by atoms with Gasteiger partial charge in [-0.15, -0.1) is 0 Å². The Morgan fingerprint density at radius 1 is 1.30 bits per heavy atom. The van der Waals surface area contributed by atoms with Crippen molar-refractivity contribution in [3.05, 3.63) is 39.8 Å². The number of fused-ring (bicyclic) bond motifs is 1. The Balaban J connectivity index is 1.82. The molecule has 7 heteroatoms. The van der Waals surface area contributed by atoms with Crippen molar-refractivity contribution in [3.8, 4) is 11.4 Å². The number of nitrogens with zero attached hydrogens (tertiary/aromatic N) is 4. The number of aromatic amines is 2. The van der Waals surface area contributed by atoms with E-state index >= 15 is 0 Å². The standard InChI is InChI=1S/C16H20N6O/c1-2-12-14-15(22(21-12)11-5-3-4-6-11)18-13(19-16(14)23)9-10-7-8-17-20-10/h7-8,11,21H,2-6,9H2,1H3,(H,17,20). The molecule has 2 N–H and O–H groups in total. The molecule has 1 aromatic rings. The van der Waals surface area contributed by atoms with Gasteiger partial charge >= 0.3 is 0 Å². The molecule has 0 aromatic carbocycles. The van der Waals surface area contributed by atoms with Crippen LogP contribution in [0.5, 0.6) is 0 Å². The molecular weight excluding hydrogens is 292 g/mol. The van der Waals surface area contributed by atoms with Crippen molar-refractivity contribution in [1.82, 2.24) is 29.9 Å². The third-order valence-electron chi connectivity index (χ3n) is 4.63. The summed E-state index contributed by atoms with van der Waals surface area (Å²) in [4.78, 5) is 21.4. The van der Waals surface area contributed by atoms with E-state index in [-0.39, 0.29) is 5.56 Å². The van der Waals surface area contributed by atoms with E-state index in [1.165, 1.54) is 12.8 Å². The lowest BCUT2D eigenvalue weighted by molar-refractivity contribution is 0.464. The molecule has 0 atom stereocenters. The van der Waals surface area contributed by atoms with Gasteiger partial charge in [0.2, 0.25) is 0 Å². The van der Waals surface area contributed by atoms with Gasteiger partial charge in [0.05, 0.1) is 18.2 Å². The lowest BCUT2D eigenvalue weighted by Crippen LogP contribution is -2.18. The molecule has 4 rings (SSSR count). The quantitative estimate of drug-likeness (QED) is 0.771. The second-order valence-corrected chi connectivity index (χ2v) is 6.14. The van der Waals surface area contributed by atoms with Crippen molar-refractivity contribution in [3.63, 3.8) is 0 Å². The van der Waals surface area contributed by atoms with E-state index in [9.17, 15) is 4.79 Å². The van der Waals surface area contributed by atoms with Gasteiger partial charge in [-0.2, -0.15) is 10.1 Å². The zero-order chi connectivity index (χ0) is 15.8. The van der Waals surface area contributed by atoms with Crippen LogP contribution in [0, 0.1) is 0 Å². The summed E-state index contributed by atoms with van der Waals surface area (Å²) in [7, 11) is 0. The van der Waals surface area contributed by atoms with E-state index in [0.29, 0.717) is 23.9 Å². The van der Waals surface area contributed by atoms with Gasteiger partial charge in [0.1, 0.15) is 11.4 Å². The van der Waals surface area contributed by atoms with Crippen LogP contribution in [0.2, 0.25) is 0 Å². The first-order chi connectivity index (χ1) is 11.3. The monoisotopic (exact) mass is 312 g/mol. The number of aryl methyl sites for hydroxylation is 1. The average Bonchev–Trinajstić information content (AvgIpc) is 3.27. The van der Waals surface area contributed by atoms with Crippen LogP contribution in [0.3, 0.4) is 0 Å². The van der Waals surface area contributed by atoms with E-state index in [2.05, 4.69) is 25.0 Å². The molecule has 7 nitrogen and oxygen atoms in total. The van der Waals surface area contributed by atoms with E-state index in [0.717, 1.165) is 36.5 Å². The minimum atomic E-state index is -0.189.